The van der Waals surface area contributed by atoms with Gasteiger partial charge in [0, 0.05) is 0 Å². The number of aryl methyl sites for hydroxylation is 3. The average Bonchev–Trinajstić information content (AvgIpc) is 2.30. The van der Waals surface area contributed by atoms with E-state index >= 15 is 0 Å². The summed E-state index contributed by atoms with van der Waals surface area (Å²) in [5.41, 5.74) is 6.81. The van der Waals surface area contributed by atoms with Gasteiger partial charge in [0.25, 0.3) is 0 Å². The smallest absolute Gasteiger partial charge is 0.0125 e. The van der Waals surface area contributed by atoms with E-state index < -0.39 is 0 Å². The maximum absolute atomic E-state index is 2.23. The first-order chi connectivity index (χ1) is 7.72. The standard InChI is InChI=1S/C16H18/c1-4-14-8-10-15(11-9-14)16-12(2)6-5-7-13(16)3/h5-11H,4H2,1-3H3. The summed E-state index contributed by atoms with van der Waals surface area (Å²) in [6.07, 6.45) is 1.10. The van der Waals surface area contributed by atoms with E-state index in [0.717, 1.165) is 6.42 Å². The Balaban J connectivity index is 2.50. The van der Waals surface area contributed by atoms with Gasteiger partial charge in [-0.05, 0) is 48.1 Å². The highest BCUT2D eigenvalue weighted by Gasteiger charge is 2.04. The Morgan fingerprint density at radius 3 is 1.88 bits per heavy atom. The van der Waals surface area contributed by atoms with Crippen LogP contribution in [0.15, 0.2) is 42.5 Å². The highest BCUT2D eigenvalue weighted by Crippen LogP contribution is 2.27. The van der Waals surface area contributed by atoms with Crippen LogP contribution < -0.4 is 0 Å². The lowest BCUT2D eigenvalue weighted by atomic mass is 9.95. The van der Waals surface area contributed by atoms with E-state index in [1.807, 2.05) is 0 Å². The molecule has 0 saturated heterocycles. The van der Waals surface area contributed by atoms with Crippen LogP contribution in [0.2, 0.25) is 0 Å². The van der Waals surface area contributed by atoms with Gasteiger partial charge in [-0.25, -0.2) is 0 Å². The monoisotopic (exact) mass is 210 g/mol. The number of hydrogen-bond acceptors (Lipinski definition) is 0. The Morgan fingerprint density at radius 1 is 0.812 bits per heavy atom. The first kappa shape index (κ1) is 10.9. The van der Waals surface area contributed by atoms with Crippen LogP contribution in [0.3, 0.4) is 0 Å². The molecule has 82 valence electrons. The van der Waals surface area contributed by atoms with Crippen molar-refractivity contribution in [2.75, 3.05) is 0 Å². The maximum atomic E-state index is 2.23. The first-order valence-corrected chi connectivity index (χ1v) is 5.88. The van der Waals surface area contributed by atoms with E-state index in [9.17, 15) is 0 Å². The molecule has 0 radical (unpaired) electrons. The summed E-state index contributed by atoms with van der Waals surface area (Å²) in [5, 5.41) is 0. The third-order valence-electron chi connectivity index (χ3n) is 3.13. The van der Waals surface area contributed by atoms with Gasteiger partial charge in [-0.2, -0.15) is 0 Å². The molecule has 0 atom stereocenters. The van der Waals surface area contributed by atoms with Crippen molar-refractivity contribution in [3.63, 3.8) is 0 Å². The van der Waals surface area contributed by atoms with E-state index in [1.54, 1.807) is 0 Å². The minimum absolute atomic E-state index is 1.10. The minimum Gasteiger partial charge on any atom is -0.0617 e. The quantitative estimate of drug-likeness (QED) is 0.683. The normalized spacial score (nSPS) is 10.4. The van der Waals surface area contributed by atoms with E-state index in [2.05, 4.69) is 63.2 Å². The molecule has 0 spiro atoms. The number of rotatable bonds is 2. The lowest BCUT2D eigenvalue weighted by Crippen LogP contribution is -1.88. The van der Waals surface area contributed by atoms with Gasteiger partial charge in [0.1, 0.15) is 0 Å². The van der Waals surface area contributed by atoms with Crippen LogP contribution in [-0.4, -0.2) is 0 Å². The number of hydrogen-bond donors (Lipinski definition) is 0. The molecule has 0 N–H and O–H groups in total. The molecule has 0 aromatic heterocycles. The van der Waals surface area contributed by atoms with Crippen LogP contribution in [-0.2, 0) is 6.42 Å². The fourth-order valence-electron chi connectivity index (χ4n) is 2.18. The van der Waals surface area contributed by atoms with Crippen LogP contribution in [0.1, 0.15) is 23.6 Å². The molecule has 0 heterocycles. The second-order valence-electron chi connectivity index (χ2n) is 4.32. The summed E-state index contributed by atoms with van der Waals surface area (Å²) >= 11 is 0. The van der Waals surface area contributed by atoms with Gasteiger partial charge in [0.2, 0.25) is 0 Å². The van der Waals surface area contributed by atoms with Gasteiger partial charge < -0.3 is 0 Å². The van der Waals surface area contributed by atoms with Crippen LogP contribution >= 0.6 is 0 Å². The fraction of sp³-hybridized carbons (Fsp3) is 0.250. The van der Waals surface area contributed by atoms with Crippen LogP contribution in [0.25, 0.3) is 11.1 Å². The van der Waals surface area contributed by atoms with E-state index in [4.69, 9.17) is 0 Å². The molecule has 16 heavy (non-hydrogen) atoms. The molecule has 0 aliphatic heterocycles. The molecule has 0 fully saturated rings. The third-order valence-corrected chi connectivity index (χ3v) is 3.13. The lowest BCUT2D eigenvalue weighted by molar-refractivity contribution is 1.14. The van der Waals surface area contributed by atoms with Gasteiger partial charge in [-0.1, -0.05) is 49.4 Å². The van der Waals surface area contributed by atoms with E-state index in [1.165, 1.54) is 27.8 Å². The predicted octanol–water partition coefficient (Wildman–Crippen LogP) is 4.53. The number of benzene rings is 2. The molecule has 0 aliphatic rings. The van der Waals surface area contributed by atoms with Crippen LogP contribution in [0.5, 0.6) is 0 Å². The third kappa shape index (κ3) is 2.01. The van der Waals surface area contributed by atoms with Gasteiger partial charge in [0.05, 0.1) is 0 Å². The van der Waals surface area contributed by atoms with E-state index in [-0.39, 0.29) is 0 Å². The molecule has 2 rings (SSSR count). The van der Waals surface area contributed by atoms with Crippen molar-refractivity contribution in [1.29, 1.82) is 0 Å². The predicted molar refractivity (Wildman–Crippen MR) is 70.7 cm³/mol. The van der Waals surface area contributed by atoms with Crippen molar-refractivity contribution in [3.8, 4) is 11.1 Å². The van der Waals surface area contributed by atoms with Crippen molar-refractivity contribution >= 4 is 0 Å². The molecular weight excluding hydrogens is 192 g/mol. The molecule has 0 nitrogen and oxygen atoms in total. The summed E-state index contributed by atoms with van der Waals surface area (Å²) in [4.78, 5) is 0. The summed E-state index contributed by atoms with van der Waals surface area (Å²) in [6, 6.07) is 15.4. The Bertz CT molecular complexity index is 458. The molecule has 0 heteroatoms. The molecule has 0 saturated carbocycles. The van der Waals surface area contributed by atoms with Crippen LogP contribution in [0, 0.1) is 13.8 Å². The first-order valence-electron chi connectivity index (χ1n) is 5.88. The fourth-order valence-corrected chi connectivity index (χ4v) is 2.18. The SMILES string of the molecule is CCc1ccc(-c2c(C)cccc2C)cc1. The zero-order valence-electron chi connectivity index (χ0n) is 10.2. The topological polar surface area (TPSA) is 0 Å². The minimum atomic E-state index is 1.10. The lowest BCUT2D eigenvalue weighted by Gasteiger charge is -2.10. The highest BCUT2D eigenvalue weighted by atomic mass is 14.1. The Labute approximate surface area is 97.9 Å². The average molecular weight is 210 g/mol. The van der Waals surface area contributed by atoms with Crippen LogP contribution in [0.4, 0.5) is 0 Å². The highest BCUT2D eigenvalue weighted by molar-refractivity contribution is 5.70. The Morgan fingerprint density at radius 2 is 1.38 bits per heavy atom. The van der Waals surface area contributed by atoms with Gasteiger partial charge >= 0.3 is 0 Å². The summed E-state index contributed by atoms with van der Waals surface area (Å²) in [5.74, 6) is 0. The molecular formula is C16H18. The molecule has 0 unspecified atom stereocenters. The molecule has 0 aliphatic carbocycles. The zero-order chi connectivity index (χ0) is 11.5. The van der Waals surface area contributed by atoms with Crippen molar-refractivity contribution in [1.82, 2.24) is 0 Å². The van der Waals surface area contributed by atoms with Crippen molar-refractivity contribution in [2.24, 2.45) is 0 Å². The van der Waals surface area contributed by atoms with Gasteiger partial charge in [-0.3, -0.25) is 0 Å². The van der Waals surface area contributed by atoms with Gasteiger partial charge in [-0.15, -0.1) is 0 Å². The molecule has 0 amide bonds. The molecule has 0 bridgehead atoms. The summed E-state index contributed by atoms with van der Waals surface area (Å²) < 4.78 is 0. The second-order valence-corrected chi connectivity index (χ2v) is 4.32. The maximum Gasteiger partial charge on any atom is -0.0125 e. The largest absolute Gasteiger partial charge is 0.0617 e. The zero-order valence-corrected chi connectivity index (χ0v) is 10.2. The summed E-state index contributed by atoms with van der Waals surface area (Å²) in [7, 11) is 0. The summed E-state index contributed by atoms with van der Waals surface area (Å²) in [6.45, 7) is 6.54. The Kier molecular flexibility index (Phi) is 3.09. The molecule has 2 aromatic carbocycles. The van der Waals surface area contributed by atoms with Crippen molar-refractivity contribution < 1.29 is 0 Å². The Hall–Kier alpha value is -1.56. The van der Waals surface area contributed by atoms with E-state index in [0.29, 0.717) is 0 Å². The van der Waals surface area contributed by atoms with Crippen molar-refractivity contribution in [3.05, 3.63) is 59.2 Å². The second kappa shape index (κ2) is 4.52. The molecule has 2 aromatic rings. The van der Waals surface area contributed by atoms with Crippen molar-refractivity contribution in [2.45, 2.75) is 27.2 Å². The van der Waals surface area contributed by atoms with Gasteiger partial charge in [0.15, 0.2) is 0 Å².